The van der Waals surface area contributed by atoms with E-state index in [4.69, 9.17) is 15.3 Å². The second-order valence-corrected chi connectivity index (χ2v) is 10.9. The lowest BCUT2D eigenvalue weighted by atomic mass is 9.91. The molecule has 0 bridgehead atoms. The number of amides is 1. The van der Waals surface area contributed by atoms with Crippen LogP contribution in [0.3, 0.4) is 0 Å². The van der Waals surface area contributed by atoms with Crippen LogP contribution in [0.4, 0.5) is 0 Å². The molecule has 36 heavy (non-hydrogen) atoms. The number of aromatic nitrogens is 1. The van der Waals surface area contributed by atoms with Crippen molar-refractivity contribution in [3.63, 3.8) is 0 Å². The number of sulfonamides is 1. The number of nitrogens with one attached hydrogen (secondary N) is 1. The van der Waals surface area contributed by atoms with Crippen LogP contribution in [0.5, 0.6) is 0 Å². The highest BCUT2D eigenvalue weighted by Crippen LogP contribution is 2.35. The summed E-state index contributed by atoms with van der Waals surface area (Å²) >= 11 is 0. The van der Waals surface area contributed by atoms with Crippen LogP contribution in [0.15, 0.2) is 70.1 Å². The van der Waals surface area contributed by atoms with Gasteiger partial charge >= 0.3 is 0 Å². The van der Waals surface area contributed by atoms with Gasteiger partial charge in [0.05, 0.1) is 4.90 Å². The van der Waals surface area contributed by atoms with Crippen molar-refractivity contribution in [3.05, 3.63) is 71.9 Å². The average molecular weight is 505 g/mol. The Bertz CT molecular complexity index is 1560. The van der Waals surface area contributed by atoms with Gasteiger partial charge in [0.25, 0.3) is 5.91 Å². The van der Waals surface area contributed by atoms with E-state index in [9.17, 15) is 13.2 Å². The van der Waals surface area contributed by atoms with E-state index in [2.05, 4.69) is 10.3 Å². The van der Waals surface area contributed by atoms with Crippen LogP contribution < -0.4 is 16.2 Å². The maximum absolute atomic E-state index is 13.0. The quantitative estimate of drug-likeness (QED) is 0.373. The Labute approximate surface area is 209 Å². The molecule has 0 unspecified atom stereocenters. The number of aryl methyl sites for hydroxylation is 1. The van der Waals surface area contributed by atoms with Crippen LogP contribution in [0, 0.1) is 6.92 Å². The number of pyridine rings is 1. The smallest absolute Gasteiger partial charge is 0.251 e. The summed E-state index contributed by atoms with van der Waals surface area (Å²) in [7, 11) is -3.86. The largest absolute Gasteiger partial charge is 0.454 e. The highest BCUT2D eigenvalue weighted by molar-refractivity contribution is 7.89. The van der Waals surface area contributed by atoms with E-state index in [0.29, 0.717) is 28.0 Å². The molecule has 0 aliphatic heterocycles. The predicted molar refractivity (Wildman–Crippen MR) is 139 cm³/mol. The van der Waals surface area contributed by atoms with E-state index in [1.807, 2.05) is 31.2 Å². The van der Waals surface area contributed by atoms with Gasteiger partial charge in [-0.15, -0.1) is 0 Å². The van der Waals surface area contributed by atoms with Crippen molar-refractivity contribution >= 4 is 27.0 Å². The van der Waals surface area contributed by atoms with Crippen molar-refractivity contribution in [2.24, 2.45) is 10.9 Å². The molecule has 0 spiro atoms. The Balaban J connectivity index is 1.50. The Kier molecular flexibility index (Phi) is 6.38. The molecule has 186 valence electrons. The third kappa shape index (κ3) is 4.77. The maximum atomic E-state index is 13.0. The normalized spacial score (nSPS) is 18.3. The lowest BCUT2D eigenvalue weighted by molar-refractivity contribution is 0.0921. The zero-order valence-electron chi connectivity index (χ0n) is 19.9. The summed E-state index contributed by atoms with van der Waals surface area (Å²) in [6.07, 6.45) is 5.64. The summed E-state index contributed by atoms with van der Waals surface area (Å²) in [4.78, 5) is 17.4. The molecule has 1 saturated carbocycles. The number of benzene rings is 2. The molecule has 2 atom stereocenters. The fourth-order valence-corrected chi connectivity index (χ4v) is 5.30. The van der Waals surface area contributed by atoms with Crippen LogP contribution in [-0.4, -0.2) is 31.4 Å². The van der Waals surface area contributed by atoms with Crippen LogP contribution in [-0.2, 0) is 10.0 Å². The SMILES string of the molecule is Cc1ccc(S(N)(=O)=O)cc1-c1cc2nccc(-c3cccc(C(=O)N[C@@H]4CCCC[C@@H]4N)c3)c2o1. The van der Waals surface area contributed by atoms with E-state index in [-0.39, 0.29) is 22.9 Å². The topological polar surface area (TPSA) is 141 Å². The second-order valence-electron chi connectivity index (χ2n) is 9.31. The minimum absolute atomic E-state index is 0.00753. The first-order chi connectivity index (χ1) is 17.2. The minimum Gasteiger partial charge on any atom is -0.454 e. The molecular weight excluding hydrogens is 476 g/mol. The molecule has 5 rings (SSSR count). The number of hydrogen-bond donors (Lipinski definition) is 3. The third-order valence-electron chi connectivity index (χ3n) is 6.79. The summed E-state index contributed by atoms with van der Waals surface area (Å²) in [5.41, 5.74) is 10.9. The fourth-order valence-electron chi connectivity index (χ4n) is 4.76. The van der Waals surface area contributed by atoms with Gasteiger partial charge in [-0.25, -0.2) is 13.6 Å². The van der Waals surface area contributed by atoms with Crippen molar-refractivity contribution in [1.82, 2.24) is 10.3 Å². The summed E-state index contributed by atoms with van der Waals surface area (Å²) < 4.78 is 29.9. The van der Waals surface area contributed by atoms with Gasteiger partial charge in [-0.1, -0.05) is 31.0 Å². The standard InChI is InChI=1S/C27H28N4O4S/c1-16-9-10-19(36(29,33)34)14-21(16)25-15-24-26(35-25)20(11-12-30-24)17-5-4-6-18(13-17)27(32)31-23-8-3-2-7-22(23)28/h4-6,9-15,22-23H,2-3,7-8,28H2,1H3,(H,31,32)(H2,29,33,34)/t22-,23+/m0/s1. The summed E-state index contributed by atoms with van der Waals surface area (Å²) in [6.45, 7) is 1.87. The molecule has 8 nitrogen and oxygen atoms in total. The number of furan rings is 1. The lowest BCUT2D eigenvalue weighted by Crippen LogP contribution is -2.49. The van der Waals surface area contributed by atoms with Crippen LogP contribution in [0.2, 0.25) is 0 Å². The summed E-state index contributed by atoms with van der Waals surface area (Å²) in [5.74, 6) is 0.327. The van der Waals surface area contributed by atoms with Gasteiger partial charge in [0.15, 0.2) is 5.58 Å². The number of nitrogens with two attached hydrogens (primary N) is 2. The number of fused-ring (bicyclic) bond motifs is 1. The van der Waals surface area contributed by atoms with Crippen LogP contribution in [0.1, 0.15) is 41.6 Å². The first-order valence-corrected chi connectivity index (χ1v) is 13.4. The van der Waals surface area contributed by atoms with Gasteiger partial charge in [0, 0.05) is 41.0 Å². The predicted octanol–water partition coefficient (Wildman–Crippen LogP) is 4.12. The Morgan fingerprint density at radius 2 is 1.86 bits per heavy atom. The molecule has 4 aromatic rings. The maximum Gasteiger partial charge on any atom is 0.251 e. The van der Waals surface area contributed by atoms with E-state index < -0.39 is 10.0 Å². The lowest BCUT2D eigenvalue weighted by Gasteiger charge is -2.29. The molecule has 2 aromatic heterocycles. The van der Waals surface area contributed by atoms with Gasteiger partial charge in [-0.2, -0.15) is 0 Å². The number of hydrogen-bond acceptors (Lipinski definition) is 6. The van der Waals surface area contributed by atoms with E-state index in [0.717, 1.165) is 42.4 Å². The number of carbonyl (C=O) groups is 1. The van der Waals surface area contributed by atoms with E-state index in [1.165, 1.54) is 12.1 Å². The first-order valence-electron chi connectivity index (χ1n) is 11.9. The summed E-state index contributed by atoms with van der Waals surface area (Å²) in [6, 6.07) is 15.6. The van der Waals surface area contributed by atoms with Gasteiger partial charge in [-0.05, 0) is 61.2 Å². The van der Waals surface area contributed by atoms with Crippen molar-refractivity contribution in [2.75, 3.05) is 0 Å². The Hall–Kier alpha value is -3.53. The molecule has 9 heteroatoms. The number of primary sulfonamides is 1. The van der Waals surface area contributed by atoms with Gasteiger partial charge < -0.3 is 15.5 Å². The van der Waals surface area contributed by atoms with E-state index in [1.54, 1.807) is 24.4 Å². The van der Waals surface area contributed by atoms with Gasteiger partial charge in [0.2, 0.25) is 10.0 Å². The first kappa shape index (κ1) is 24.2. The molecule has 1 fully saturated rings. The molecule has 1 amide bonds. The van der Waals surface area contributed by atoms with Gasteiger partial charge in [0.1, 0.15) is 11.3 Å². The Morgan fingerprint density at radius 1 is 1.06 bits per heavy atom. The molecule has 2 aromatic carbocycles. The number of nitrogens with zero attached hydrogens (tertiary/aromatic N) is 1. The highest BCUT2D eigenvalue weighted by atomic mass is 32.2. The molecule has 1 aliphatic rings. The van der Waals surface area contributed by atoms with Crippen molar-refractivity contribution in [3.8, 4) is 22.5 Å². The molecule has 0 saturated heterocycles. The van der Waals surface area contributed by atoms with Crippen LogP contribution >= 0.6 is 0 Å². The number of carbonyl (C=O) groups excluding carboxylic acids is 1. The van der Waals surface area contributed by atoms with E-state index >= 15 is 0 Å². The van der Waals surface area contributed by atoms with Crippen molar-refractivity contribution in [2.45, 2.75) is 49.6 Å². The average Bonchev–Trinajstić information content (AvgIpc) is 3.29. The fraction of sp³-hybridized carbons (Fsp3) is 0.259. The third-order valence-corrected chi connectivity index (χ3v) is 7.70. The molecule has 5 N–H and O–H groups in total. The monoisotopic (exact) mass is 504 g/mol. The number of rotatable bonds is 5. The Morgan fingerprint density at radius 3 is 2.64 bits per heavy atom. The minimum atomic E-state index is -3.86. The molecular formula is C27H28N4O4S. The zero-order valence-corrected chi connectivity index (χ0v) is 20.7. The highest BCUT2D eigenvalue weighted by Gasteiger charge is 2.24. The second kappa shape index (κ2) is 9.50. The van der Waals surface area contributed by atoms with Crippen molar-refractivity contribution in [1.29, 1.82) is 0 Å². The summed E-state index contributed by atoms with van der Waals surface area (Å²) in [5, 5.41) is 8.41. The van der Waals surface area contributed by atoms with Gasteiger partial charge in [-0.3, -0.25) is 9.78 Å². The van der Waals surface area contributed by atoms with Crippen LogP contribution in [0.25, 0.3) is 33.6 Å². The molecule has 1 aliphatic carbocycles. The molecule has 0 radical (unpaired) electrons. The van der Waals surface area contributed by atoms with Crippen molar-refractivity contribution < 1.29 is 17.6 Å². The molecule has 2 heterocycles. The zero-order chi connectivity index (χ0) is 25.4.